The number of piperidine rings is 1. The van der Waals surface area contributed by atoms with Crippen molar-refractivity contribution < 1.29 is 0 Å². The highest BCUT2D eigenvalue weighted by molar-refractivity contribution is 4.92. The Bertz CT molecular complexity index is 162. The second-order valence-corrected chi connectivity index (χ2v) is 5.01. The maximum absolute atomic E-state index is 2.55. The molecule has 1 aliphatic heterocycles. The molecule has 0 aromatic rings. The van der Waals surface area contributed by atoms with Gasteiger partial charge in [0.1, 0.15) is 0 Å². The van der Waals surface area contributed by atoms with Crippen molar-refractivity contribution in [3.8, 4) is 0 Å². The first-order valence-electron chi connectivity index (χ1n) is 5.43. The molecule has 2 fully saturated rings. The van der Waals surface area contributed by atoms with E-state index in [1.54, 1.807) is 0 Å². The van der Waals surface area contributed by atoms with Crippen molar-refractivity contribution in [3.63, 3.8) is 0 Å². The molecule has 2 aliphatic rings. The Balaban J connectivity index is 2.10. The molecule has 2 rings (SSSR count). The third kappa shape index (κ3) is 1.39. The third-order valence-electron chi connectivity index (χ3n) is 3.97. The van der Waals surface area contributed by atoms with Crippen LogP contribution in [0.5, 0.6) is 0 Å². The molecule has 0 radical (unpaired) electrons. The fourth-order valence-corrected chi connectivity index (χ4v) is 3.39. The summed E-state index contributed by atoms with van der Waals surface area (Å²) in [6.07, 6.45) is 7.39. The van der Waals surface area contributed by atoms with Gasteiger partial charge >= 0.3 is 0 Å². The molecule has 2 unspecified atom stereocenters. The molecular formula is C11H21N. The summed E-state index contributed by atoms with van der Waals surface area (Å²) in [6.45, 7) is 5.10. The molecule has 0 aromatic heterocycles. The second-order valence-electron chi connectivity index (χ2n) is 5.01. The Kier molecular flexibility index (Phi) is 2.16. The highest BCUT2D eigenvalue weighted by atomic mass is 15.1. The zero-order valence-electron chi connectivity index (χ0n) is 8.47. The molecule has 1 nitrogen and oxygen atoms in total. The van der Waals surface area contributed by atoms with Gasteiger partial charge in [0.25, 0.3) is 0 Å². The third-order valence-corrected chi connectivity index (χ3v) is 3.97. The van der Waals surface area contributed by atoms with Crippen LogP contribution in [0.2, 0.25) is 0 Å². The quantitative estimate of drug-likeness (QED) is 0.580. The fraction of sp³-hybridized carbons (Fsp3) is 1.00. The average Bonchev–Trinajstić information content (AvgIpc) is 2.03. The summed E-state index contributed by atoms with van der Waals surface area (Å²) < 4.78 is 0. The van der Waals surface area contributed by atoms with E-state index in [-0.39, 0.29) is 0 Å². The Morgan fingerprint density at radius 3 is 3.08 bits per heavy atom. The van der Waals surface area contributed by atoms with Gasteiger partial charge in [0, 0.05) is 13.1 Å². The standard InChI is InChI=1S/C11H21N/c1-3-11-6-4-5-10(7-11)8-12(2)9-11/h10H,3-9H2,1-2H3. The maximum Gasteiger partial charge on any atom is 0.00350 e. The lowest BCUT2D eigenvalue weighted by Gasteiger charge is -2.48. The van der Waals surface area contributed by atoms with Crippen molar-refractivity contribution in [1.82, 2.24) is 4.90 Å². The predicted molar refractivity (Wildman–Crippen MR) is 52.2 cm³/mol. The summed E-state index contributed by atoms with van der Waals surface area (Å²) >= 11 is 0. The number of hydrogen-bond acceptors (Lipinski definition) is 1. The molecule has 1 heterocycles. The van der Waals surface area contributed by atoms with E-state index < -0.39 is 0 Å². The zero-order valence-corrected chi connectivity index (χ0v) is 8.47. The Morgan fingerprint density at radius 1 is 1.50 bits per heavy atom. The van der Waals surface area contributed by atoms with E-state index in [9.17, 15) is 0 Å². The van der Waals surface area contributed by atoms with Gasteiger partial charge in [0.2, 0.25) is 0 Å². The van der Waals surface area contributed by atoms with E-state index in [0.717, 1.165) is 11.3 Å². The van der Waals surface area contributed by atoms with Crippen LogP contribution in [0.4, 0.5) is 0 Å². The predicted octanol–water partition coefficient (Wildman–Crippen LogP) is 2.52. The first kappa shape index (κ1) is 8.55. The number of nitrogens with zero attached hydrogens (tertiary/aromatic N) is 1. The molecule has 0 amide bonds. The first-order valence-corrected chi connectivity index (χ1v) is 5.43. The zero-order chi connectivity index (χ0) is 8.60. The lowest BCUT2D eigenvalue weighted by Crippen LogP contribution is -2.47. The summed E-state index contributed by atoms with van der Waals surface area (Å²) in [5.74, 6) is 1.03. The van der Waals surface area contributed by atoms with Crippen LogP contribution in [0.15, 0.2) is 0 Å². The Hall–Kier alpha value is -0.0400. The number of rotatable bonds is 1. The van der Waals surface area contributed by atoms with E-state index in [1.165, 1.54) is 45.2 Å². The molecule has 12 heavy (non-hydrogen) atoms. The maximum atomic E-state index is 2.55. The van der Waals surface area contributed by atoms with Gasteiger partial charge in [-0.25, -0.2) is 0 Å². The molecule has 0 N–H and O–H groups in total. The van der Waals surface area contributed by atoms with Crippen LogP contribution in [-0.2, 0) is 0 Å². The Labute approximate surface area is 76.1 Å². The van der Waals surface area contributed by atoms with Gasteiger partial charge < -0.3 is 4.90 Å². The summed E-state index contributed by atoms with van der Waals surface area (Å²) in [5, 5.41) is 0. The molecule has 2 bridgehead atoms. The molecular weight excluding hydrogens is 146 g/mol. The van der Waals surface area contributed by atoms with Crippen LogP contribution in [0.3, 0.4) is 0 Å². The molecule has 1 saturated carbocycles. The number of hydrogen-bond donors (Lipinski definition) is 0. The van der Waals surface area contributed by atoms with Gasteiger partial charge in [-0.05, 0) is 44.1 Å². The summed E-state index contributed by atoms with van der Waals surface area (Å²) in [5.41, 5.74) is 0.718. The smallest absolute Gasteiger partial charge is 0.00350 e. The highest BCUT2D eigenvalue weighted by Gasteiger charge is 2.39. The van der Waals surface area contributed by atoms with Crippen LogP contribution in [0, 0.1) is 11.3 Å². The lowest BCUT2D eigenvalue weighted by atomic mass is 9.65. The topological polar surface area (TPSA) is 3.24 Å². The summed E-state index contributed by atoms with van der Waals surface area (Å²) in [4.78, 5) is 2.55. The average molecular weight is 167 g/mol. The molecule has 1 saturated heterocycles. The molecule has 2 atom stereocenters. The minimum absolute atomic E-state index is 0.718. The minimum atomic E-state index is 0.718. The van der Waals surface area contributed by atoms with Gasteiger partial charge in [0.15, 0.2) is 0 Å². The largest absolute Gasteiger partial charge is 0.306 e. The van der Waals surface area contributed by atoms with E-state index in [1.807, 2.05) is 0 Å². The Morgan fingerprint density at radius 2 is 2.33 bits per heavy atom. The van der Waals surface area contributed by atoms with Crippen molar-refractivity contribution >= 4 is 0 Å². The van der Waals surface area contributed by atoms with Gasteiger partial charge in [-0.2, -0.15) is 0 Å². The molecule has 1 aliphatic carbocycles. The highest BCUT2D eigenvalue weighted by Crippen LogP contribution is 2.45. The van der Waals surface area contributed by atoms with Crippen LogP contribution < -0.4 is 0 Å². The van der Waals surface area contributed by atoms with Crippen LogP contribution in [0.1, 0.15) is 39.0 Å². The molecule has 70 valence electrons. The van der Waals surface area contributed by atoms with Gasteiger partial charge in [-0.3, -0.25) is 0 Å². The van der Waals surface area contributed by atoms with Crippen molar-refractivity contribution in [2.75, 3.05) is 20.1 Å². The first-order chi connectivity index (χ1) is 5.74. The van der Waals surface area contributed by atoms with E-state index in [4.69, 9.17) is 0 Å². The van der Waals surface area contributed by atoms with E-state index in [0.29, 0.717) is 0 Å². The van der Waals surface area contributed by atoms with Gasteiger partial charge in [-0.15, -0.1) is 0 Å². The van der Waals surface area contributed by atoms with E-state index >= 15 is 0 Å². The van der Waals surface area contributed by atoms with Crippen molar-refractivity contribution in [1.29, 1.82) is 0 Å². The fourth-order valence-electron chi connectivity index (χ4n) is 3.39. The lowest BCUT2D eigenvalue weighted by molar-refractivity contribution is 0.0192. The van der Waals surface area contributed by atoms with E-state index in [2.05, 4.69) is 18.9 Å². The summed E-state index contributed by atoms with van der Waals surface area (Å²) in [6, 6.07) is 0. The number of likely N-dealkylation sites (tertiary alicyclic amines) is 1. The van der Waals surface area contributed by atoms with Crippen LogP contribution in [-0.4, -0.2) is 25.0 Å². The second kappa shape index (κ2) is 3.02. The van der Waals surface area contributed by atoms with Crippen molar-refractivity contribution in [3.05, 3.63) is 0 Å². The monoisotopic (exact) mass is 167 g/mol. The molecule has 1 heteroatoms. The van der Waals surface area contributed by atoms with Crippen molar-refractivity contribution in [2.24, 2.45) is 11.3 Å². The molecule has 0 aromatic carbocycles. The number of fused-ring (bicyclic) bond motifs is 2. The van der Waals surface area contributed by atoms with Gasteiger partial charge in [0.05, 0.1) is 0 Å². The van der Waals surface area contributed by atoms with Gasteiger partial charge in [-0.1, -0.05) is 13.3 Å². The minimum Gasteiger partial charge on any atom is -0.306 e. The normalized spacial score (nSPS) is 43.0. The van der Waals surface area contributed by atoms with Crippen molar-refractivity contribution in [2.45, 2.75) is 39.0 Å². The van der Waals surface area contributed by atoms with Crippen LogP contribution in [0.25, 0.3) is 0 Å². The SMILES string of the molecule is CCC12CCCC(CN(C)C1)C2. The van der Waals surface area contributed by atoms with Crippen LogP contribution >= 0.6 is 0 Å². The molecule has 0 spiro atoms. The summed E-state index contributed by atoms with van der Waals surface area (Å²) in [7, 11) is 2.29.